The van der Waals surface area contributed by atoms with Gasteiger partial charge < -0.3 is 27.4 Å². The van der Waals surface area contributed by atoms with Crippen LogP contribution in [-0.2, 0) is 0 Å². The SMILES string of the molecule is [Al+3].[OH-].[OH-].[OH-].[OH-].[OH-].[Sr+2]. The van der Waals surface area contributed by atoms with Gasteiger partial charge in [-0.2, -0.15) is 0 Å². The van der Waals surface area contributed by atoms with Crippen molar-refractivity contribution < 1.29 is 27.4 Å². The molecule has 0 aliphatic carbocycles. The van der Waals surface area contributed by atoms with Gasteiger partial charge in [0.1, 0.15) is 0 Å². The zero-order valence-electron chi connectivity index (χ0n) is 3.52. The minimum atomic E-state index is 0. The maximum absolute atomic E-state index is 0. The number of rotatable bonds is 0. The first-order chi connectivity index (χ1) is 0. The molecule has 0 radical (unpaired) electrons. The van der Waals surface area contributed by atoms with E-state index in [4.69, 9.17) is 0 Å². The Bertz CT molecular complexity index is 8.04. The molecular formula is H5AlO5Sr. The predicted molar refractivity (Wildman–Crippen MR) is 21.2 cm³/mol. The molecule has 0 rings (SSSR count). The van der Waals surface area contributed by atoms with E-state index >= 15 is 0 Å². The summed E-state index contributed by atoms with van der Waals surface area (Å²) in [5, 5.41) is 0. The average molecular weight is 200 g/mol. The Morgan fingerprint density at radius 3 is 0.429 bits per heavy atom. The van der Waals surface area contributed by atoms with Crippen molar-refractivity contribution in [1.29, 1.82) is 0 Å². The van der Waals surface area contributed by atoms with Crippen molar-refractivity contribution >= 4 is 62.8 Å². The molecule has 5 nitrogen and oxygen atoms in total. The molecule has 0 bridgehead atoms. The van der Waals surface area contributed by atoms with Crippen molar-refractivity contribution in [3.63, 3.8) is 0 Å². The molecule has 0 atom stereocenters. The first-order valence-corrected chi connectivity index (χ1v) is 0. The second-order valence-corrected chi connectivity index (χ2v) is 0. The third-order valence-corrected chi connectivity index (χ3v) is 0. The van der Waals surface area contributed by atoms with Crippen LogP contribution in [0.5, 0.6) is 0 Å². The Hall–Kier alpha value is 1.81. The summed E-state index contributed by atoms with van der Waals surface area (Å²) in [6.45, 7) is 0. The fraction of sp³-hybridized carbons (Fsp3) is 0. The summed E-state index contributed by atoms with van der Waals surface area (Å²) in [6, 6.07) is 0. The molecule has 7 heavy (non-hydrogen) atoms. The average Bonchev–Trinajstić information content (AvgIpc) is 0. The van der Waals surface area contributed by atoms with Gasteiger partial charge in [-0.05, 0) is 0 Å². The molecule has 0 aliphatic heterocycles. The van der Waals surface area contributed by atoms with Crippen molar-refractivity contribution in [1.82, 2.24) is 0 Å². The predicted octanol–water partition coefficient (Wildman–Crippen LogP) is -1.65. The Morgan fingerprint density at radius 1 is 0.429 bits per heavy atom. The molecule has 0 amide bonds. The molecule has 0 aromatic carbocycles. The summed E-state index contributed by atoms with van der Waals surface area (Å²) in [5.41, 5.74) is 0. The third kappa shape index (κ3) is 80.3. The van der Waals surface area contributed by atoms with Gasteiger partial charge in [0.25, 0.3) is 0 Å². The number of hydrogen-bond donors (Lipinski definition) is 0. The van der Waals surface area contributed by atoms with Crippen LogP contribution in [0.1, 0.15) is 0 Å². The maximum Gasteiger partial charge on any atom is 3.00 e. The molecule has 40 valence electrons. The van der Waals surface area contributed by atoms with Crippen LogP contribution >= 0.6 is 0 Å². The van der Waals surface area contributed by atoms with Crippen LogP contribution in [-0.4, -0.2) is 90.2 Å². The Labute approximate surface area is 89.0 Å². The minimum absolute atomic E-state index is 0. The molecule has 0 aromatic rings. The molecule has 5 N–H and O–H groups in total. The third-order valence-electron chi connectivity index (χ3n) is 0. The Kier molecular flexibility index (Phi) is 2580. The standard InChI is InChI=1S/Al.5H2O.Sr/h;5*1H2;/q+3;;;;;;+2/p-5. The van der Waals surface area contributed by atoms with Crippen LogP contribution in [0.2, 0.25) is 0 Å². The van der Waals surface area contributed by atoms with Crippen LogP contribution < -0.4 is 0 Å². The van der Waals surface area contributed by atoms with E-state index in [1.165, 1.54) is 0 Å². The monoisotopic (exact) mass is 200 g/mol. The second-order valence-electron chi connectivity index (χ2n) is 0. The first-order valence-electron chi connectivity index (χ1n) is 0. The molecule has 0 aliphatic rings. The molecule has 0 saturated heterocycles. The van der Waals surface area contributed by atoms with Crippen molar-refractivity contribution in [3.8, 4) is 0 Å². The molecule has 0 unspecified atom stereocenters. The van der Waals surface area contributed by atoms with Crippen molar-refractivity contribution in [3.05, 3.63) is 0 Å². The van der Waals surface area contributed by atoms with Gasteiger partial charge in [0, 0.05) is 0 Å². The van der Waals surface area contributed by atoms with Gasteiger partial charge in [-0.3, -0.25) is 0 Å². The smallest absolute Gasteiger partial charge is 0.870 e. The number of hydrogen-bond acceptors (Lipinski definition) is 5. The van der Waals surface area contributed by atoms with Crippen molar-refractivity contribution in [2.45, 2.75) is 0 Å². The summed E-state index contributed by atoms with van der Waals surface area (Å²) in [7, 11) is 0. The van der Waals surface area contributed by atoms with Gasteiger partial charge in [0.2, 0.25) is 0 Å². The van der Waals surface area contributed by atoms with Gasteiger partial charge in [-0.15, -0.1) is 0 Å². The summed E-state index contributed by atoms with van der Waals surface area (Å²) in [4.78, 5) is 0. The van der Waals surface area contributed by atoms with Crippen LogP contribution in [0.3, 0.4) is 0 Å². The molecule has 0 aromatic heterocycles. The van der Waals surface area contributed by atoms with E-state index in [1.807, 2.05) is 0 Å². The van der Waals surface area contributed by atoms with Crippen LogP contribution in [0.4, 0.5) is 0 Å². The van der Waals surface area contributed by atoms with Gasteiger partial charge in [-0.1, -0.05) is 0 Å². The quantitative estimate of drug-likeness (QED) is 0.428. The van der Waals surface area contributed by atoms with E-state index in [0.717, 1.165) is 0 Å². The zero-order chi connectivity index (χ0) is 0. The minimum Gasteiger partial charge on any atom is -0.870 e. The topological polar surface area (TPSA) is 150 Å². The maximum atomic E-state index is 0. The molecule has 0 heterocycles. The normalized spacial score (nSPS) is 0. The van der Waals surface area contributed by atoms with Gasteiger partial charge >= 0.3 is 62.8 Å². The Morgan fingerprint density at radius 2 is 0.429 bits per heavy atom. The van der Waals surface area contributed by atoms with Gasteiger partial charge in [0.15, 0.2) is 0 Å². The Balaban J connectivity index is 0. The van der Waals surface area contributed by atoms with E-state index in [0.29, 0.717) is 0 Å². The van der Waals surface area contributed by atoms with Crippen molar-refractivity contribution in [2.24, 2.45) is 0 Å². The first kappa shape index (κ1) is 164. The van der Waals surface area contributed by atoms with Gasteiger partial charge in [-0.25, -0.2) is 0 Å². The van der Waals surface area contributed by atoms with Crippen LogP contribution in [0.15, 0.2) is 0 Å². The van der Waals surface area contributed by atoms with E-state index in [9.17, 15) is 0 Å². The fourth-order valence-electron chi connectivity index (χ4n) is 0. The molecular weight excluding hydrogens is 195 g/mol. The molecule has 0 spiro atoms. The largest absolute Gasteiger partial charge is 3.00 e. The van der Waals surface area contributed by atoms with Crippen LogP contribution in [0, 0.1) is 0 Å². The summed E-state index contributed by atoms with van der Waals surface area (Å²) in [6.07, 6.45) is 0. The molecule has 7 heteroatoms. The molecule has 0 fully saturated rings. The van der Waals surface area contributed by atoms with Crippen LogP contribution in [0.25, 0.3) is 0 Å². The van der Waals surface area contributed by atoms with E-state index in [1.54, 1.807) is 0 Å². The van der Waals surface area contributed by atoms with E-state index in [-0.39, 0.29) is 90.2 Å². The second kappa shape index (κ2) is 110. The van der Waals surface area contributed by atoms with Crippen molar-refractivity contribution in [2.75, 3.05) is 0 Å². The summed E-state index contributed by atoms with van der Waals surface area (Å²) in [5.74, 6) is 0. The van der Waals surface area contributed by atoms with E-state index < -0.39 is 0 Å². The van der Waals surface area contributed by atoms with Gasteiger partial charge in [0.05, 0.1) is 0 Å². The summed E-state index contributed by atoms with van der Waals surface area (Å²) >= 11 is 0. The van der Waals surface area contributed by atoms with E-state index in [2.05, 4.69) is 0 Å². The summed E-state index contributed by atoms with van der Waals surface area (Å²) < 4.78 is 0. The molecule has 0 saturated carbocycles. The fourth-order valence-corrected chi connectivity index (χ4v) is 0. The zero-order valence-corrected chi connectivity index (χ0v) is 8.15.